The Morgan fingerprint density at radius 3 is 2.33 bits per heavy atom. The van der Waals surface area contributed by atoms with Crippen LogP contribution in [0.4, 0.5) is 16.2 Å². The van der Waals surface area contributed by atoms with Gasteiger partial charge in [0.2, 0.25) is 15.9 Å². The van der Waals surface area contributed by atoms with Crippen LogP contribution in [0.15, 0.2) is 47.4 Å². The summed E-state index contributed by atoms with van der Waals surface area (Å²) in [5.41, 5.74) is 3.53. The molecule has 2 aromatic rings. The van der Waals surface area contributed by atoms with Crippen molar-refractivity contribution in [2.45, 2.75) is 43.5 Å². The summed E-state index contributed by atoms with van der Waals surface area (Å²) in [6.07, 6.45) is 3.42. The summed E-state index contributed by atoms with van der Waals surface area (Å²) in [5, 5.41) is 0. The number of amides is 3. The number of likely N-dealkylation sites (tertiary alicyclic amines) is 1. The summed E-state index contributed by atoms with van der Waals surface area (Å²) < 4.78 is 28.7. The molecule has 1 unspecified atom stereocenters. The predicted octanol–water partition coefficient (Wildman–Crippen LogP) is 2.52. The molecular formula is C24H28N4O4S. The normalized spacial score (nSPS) is 18.4. The van der Waals surface area contributed by atoms with Gasteiger partial charge in [0.15, 0.2) is 0 Å². The molecule has 3 heterocycles. The van der Waals surface area contributed by atoms with Crippen molar-refractivity contribution in [1.82, 2.24) is 9.62 Å². The molecule has 9 heteroatoms. The van der Waals surface area contributed by atoms with Crippen molar-refractivity contribution in [1.29, 1.82) is 0 Å². The minimum absolute atomic E-state index is 0.00917. The average Bonchev–Trinajstić information content (AvgIpc) is 3.57. The Labute approximate surface area is 194 Å². The molecule has 0 saturated carbocycles. The zero-order chi connectivity index (χ0) is 23.2. The largest absolute Gasteiger partial charge is 0.324 e. The molecule has 1 saturated heterocycles. The van der Waals surface area contributed by atoms with E-state index in [0.29, 0.717) is 19.5 Å². The van der Waals surface area contributed by atoms with Crippen LogP contribution in [0.1, 0.15) is 30.9 Å². The van der Waals surface area contributed by atoms with Gasteiger partial charge in [-0.1, -0.05) is 18.2 Å². The Morgan fingerprint density at radius 1 is 0.879 bits per heavy atom. The van der Waals surface area contributed by atoms with Crippen molar-refractivity contribution in [3.8, 4) is 0 Å². The molecule has 174 valence electrons. The molecular weight excluding hydrogens is 440 g/mol. The van der Waals surface area contributed by atoms with Crippen LogP contribution in [0.5, 0.6) is 0 Å². The number of urea groups is 1. The summed E-state index contributed by atoms with van der Waals surface area (Å²) in [6.45, 7) is 4.21. The SMILES string of the molecule is CC(NS(=O)(=O)c1ccc2c(c1)CCN2C(=O)N1CCCC1)C(=O)N1CCc2ccccc21. The van der Waals surface area contributed by atoms with E-state index in [1.807, 2.05) is 29.2 Å². The van der Waals surface area contributed by atoms with Gasteiger partial charge in [0, 0.05) is 37.6 Å². The molecule has 0 aliphatic carbocycles. The first-order valence-corrected chi connectivity index (χ1v) is 12.9. The summed E-state index contributed by atoms with van der Waals surface area (Å²) >= 11 is 0. The van der Waals surface area contributed by atoms with E-state index in [4.69, 9.17) is 0 Å². The number of hydrogen-bond donors (Lipinski definition) is 1. The van der Waals surface area contributed by atoms with Gasteiger partial charge in [-0.3, -0.25) is 9.69 Å². The van der Waals surface area contributed by atoms with E-state index in [2.05, 4.69) is 4.72 Å². The van der Waals surface area contributed by atoms with E-state index in [1.54, 1.807) is 28.9 Å². The van der Waals surface area contributed by atoms with Gasteiger partial charge in [0.25, 0.3) is 0 Å². The van der Waals surface area contributed by atoms with Crippen LogP contribution >= 0.6 is 0 Å². The first-order chi connectivity index (χ1) is 15.8. The van der Waals surface area contributed by atoms with Gasteiger partial charge in [-0.05, 0) is 68.0 Å². The van der Waals surface area contributed by atoms with E-state index in [-0.39, 0.29) is 16.8 Å². The Bertz CT molecular complexity index is 1210. The van der Waals surface area contributed by atoms with E-state index in [9.17, 15) is 18.0 Å². The van der Waals surface area contributed by atoms with Crippen LogP contribution in [0.2, 0.25) is 0 Å². The molecule has 0 spiro atoms. The number of anilines is 2. The summed E-state index contributed by atoms with van der Waals surface area (Å²) in [7, 11) is -3.90. The predicted molar refractivity (Wildman–Crippen MR) is 126 cm³/mol. The van der Waals surface area contributed by atoms with Crippen LogP contribution in [0.3, 0.4) is 0 Å². The molecule has 2 aromatic carbocycles. The van der Waals surface area contributed by atoms with Gasteiger partial charge in [-0.15, -0.1) is 0 Å². The zero-order valence-electron chi connectivity index (χ0n) is 18.7. The van der Waals surface area contributed by atoms with Gasteiger partial charge in [-0.2, -0.15) is 4.72 Å². The Balaban J connectivity index is 1.30. The van der Waals surface area contributed by atoms with Crippen molar-refractivity contribution in [2.24, 2.45) is 0 Å². The lowest BCUT2D eigenvalue weighted by atomic mass is 10.2. The van der Waals surface area contributed by atoms with E-state index < -0.39 is 16.1 Å². The molecule has 8 nitrogen and oxygen atoms in total. The molecule has 3 aliphatic rings. The maximum atomic E-state index is 13.1. The Kier molecular flexibility index (Phi) is 5.62. The minimum Gasteiger partial charge on any atom is -0.324 e. The molecule has 0 bridgehead atoms. The summed E-state index contributed by atoms with van der Waals surface area (Å²) in [6, 6.07) is 11.6. The lowest BCUT2D eigenvalue weighted by Gasteiger charge is -2.24. The number of para-hydroxylation sites is 1. The molecule has 1 atom stereocenters. The van der Waals surface area contributed by atoms with E-state index in [1.165, 1.54) is 6.07 Å². The van der Waals surface area contributed by atoms with Crippen molar-refractivity contribution in [3.63, 3.8) is 0 Å². The second-order valence-corrected chi connectivity index (χ2v) is 10.6. The van der Waals surface area contributed by atoms with Gasteiger partial charge in [-0.25, -0.2) is 13.2 Å². The average molecular weight is 469 g/mol. The molecule has 33 heavy (non-hydrogen) atoms. The smallest absolute Gasteiger partial charge is 0.324 e. The molecule has 0 radical (unpaired) electrons. The number of hydrogen-bond acceptors (Lipinski definition) is 4. The van der Waals surface area contributed by atoms with Crippen molar-refractivity contribution >= 4 is 33.3 Å². The number of rotatable bonds is 4. The monoisotopic (exact) mass is 468 g/mol. The first kappa shape index (κ1) is 21.9. The van der Waals surface area contributed by atoms with Crippen molar-refractivity contribution in [3.05, 3.63) is 53.6 Å². The maximum Gasteiger partial charge on any atom is 0.324 e. The number of nitrogens with zero attached hydrogens (tertiary/aromatic N) is 3. The lowest BCUT2D eigenvalue weighted by molar-refractivity contribution is -0.119. The number of fused-ring (bicyclic) bond motifs is 2. The van der Waals surface area contributed by atoms with Gasteiger partial charge < -0.3 is 9.80 Å². The van der Waals surface area contributed by atoms with Gasteiger partial charge >= 0.3 is 6.03 Å². The highest BCUT2D eigenvalue weighted by molar-refractivity contribution is 7.89. The maximum absolute atomic E-state index is 13.1. The highest BCUT2D eigenvalue weighted by Gasteiger charge is 2.33. The Hall–Kier alpha value is -2.91. The fraction of sp³-hybridized carbons (Fsp3) is 0.417. The molecule has 0 aromatic heterocycles. The van der Waals surface area contributed by atoms with Crippen LogP contribution in [-0.4, -0.2) is 57.5 Å². The van der Waals surface area contributed by atoms with Crippen LogP contribution < -0.4 is 14.5 Å². The Morgan fingerprint density at radius 2 is 1.55 bits per heavy atom. The van der Waals surface area contributed by atoms with Crippen LogP contribution in [-0.2, 0) is 27.7 Å². The fourth-order valence-electron chi connectivity index (χ4n) is 4.98. The van der Waals surface area contributed by atoms with Crippen LogP contribution in [0.25, 0.3) is 0 Å². The molecule has 5 rings (SSSR count). The molecule has 3 aliphatic heterocycles. The minimum atomic E-state index is -3.90. The third kappa shape index (κ3) is 4.00. The fourth-order valence-corrected chi connectivity index (χ4v) is 6.22. The number of sulfonamides is 1. The zero-order valence-corrected chi connectivity index (χ0v) is 19.5. The number of carbonyl (C=O) groups is 2. The number of benzene rings is 2. The standard InChI is InChI=1S/C24H28N4O4S/c1-17(23(29)27-14-10-18-6-2-3-7-21(18)27)25-33(31,32)20-8-9-22-19(16-20)11-15-28(22)24(30)26-12-4-5-13-26/h2-3,6-9,16-17,25H,4-5,10-15H2,1H3. The second-order valence-electron chi connectivity index (χ2n) is 8.88. The van der Waals surface area contributed by atoms with E-state index >= 15 is 0 Å². The number of nitrogens with one attached hydrogen (secondary N) is 1. The van der Waals surface area contributed by atoms with Crippen LogP contribution in [0, 0.1) is 0 Å². The van der Waals surface area contributed by atoms with Crippen molar-refractivity contribution in [2.75, 3.05) is 36.0 Å². The van der Waals surface area contributed by atoms with Gasteiger partial charge in [0.1, 0.15) is 0 Å². The molecule has 3 amide bonds. The molecule has 1 fully saturated rings. The molecule has 1 N–H and O–H groups in total. The van der Waals surface area contributed by atoms with E-state index in [0.717, 1.165) is 54.9 Å². The third-order valence-corrected chi connectivity index (χ3v) is 8.26. The summed E-state index contributed by atoms with van der Waals surface area (Å²) in [4.78, 5) is 31.1. The third-order valence-electron chi connectivity index (χ3n) is 6.72. The highest BCUT2D eigenvalue weighted by Crippen LogP contribution is 2.32. The lowest BCUT2D eigenvalue weighted by Crippen LogP contribution is -2.46. The summed E-state index contributed by atoms with van der Waals surface area (Å²) in [5.74, 6) is -0.271. The topological polar surface area (TPSA) is 90.0 Å². The first-order valence-electron chi connectivity index (χ1n) is 11.5. The van der Waals surface area contributed by atoms with Crippen molar-refractivity contribution < 1.29 is 18.0 Å². The quantitative estimate of drug-likeness (QED) is 0.747. The second kappa shape index (κ2) is 8.46. The number of carbonyl (C=O) groups excluding carboxylic acids is 2. The highest BCUT2D eigenvalue weighted by atomic mass is 32.2. The van der Waals surface area contributed by atoms with Gasteiger partial charge in [0.05, 0.1) is 10.9 Å².